The predicted octanol–water partition coefficient (Wildman–Crippen LogP) is 6.70. The molecule has 0 aliphatic carbocycles. The van der Waals surface area contributed by atoms with Crippen molar-refractivity contribution in [1.82, 2.24) is 20.2 Å². The maximum Gasteiger partial charge on any atom is 0.488 e. The van der Waals surface area contributed by atoms with Crippen LogP contribution in [-0.2, 0) is 52.3 Å². The van der Waals surface area contributed by atoms with E-state index in [2.05, 4.69) is 70.6 Å². The van der Waals surface area contributed by atoms with Crippen molar-refractivity contribution in [3.63, 3.8) is 0 Å². The van der Waals surface area contributed by atoms with E-state index in [9.17, 15) is 57.4 Å². The molecule has 0 spiro atoms. The van der Waals surface area contributed by atoms with Gasteiger partial charge < -0.3 is 54.1 Å². The predicted molar refractivity (Wildman–Crippen MR) is 321 cm³/mol. The van der Waals surface area contributed by atoms with Crippen molar-refractivity contribution >= 4 is 58.5 Å². The molecular weight excluding hydrogens is 1220 g/mol. The van der Waals surface area contributed by atoms with Gasteiger partial charge in [0, 0.05) is 58.2 Å². The second-order valence-corrected chi connectivity index (χ2v) is 25.4. The SMILES string of the molecule is CC/C=c1/cc2c(cc1C)=C(c1cc(C(=O)CCCNC(=O)c3cccc(OCC(N=[N+]=[N-])OCCOCC(=O)NCC#Cc4cn([C@H]5CC[C@@H](COP(=O)(O)OP(=O)(O)OP(C)(=O)O)O5)c(=O)[nH]c4=O)c3)ccc1C(=O)O)c1cc(C)c(CCC)cc1O2. The van der Waals surface area contributed by atoms with E-state index in [0.29, 0.717) is 34.9 Å². The summed E-state index contributed by atoms with van der Waals surface area (Å²) >= 11 is 0. The van der Waals surface area contributed by atoms with E-state index in [1.807, 2.05) is 38.1 Å². The average molecular weight is 1290 g/mol. The number of amides is 2. The van der Waals surface area contributed by atoms with E-state index in [-0.39, 0.29) is 86.8 Å². The molecule has 1 aromatic heterocycles. The summed E-state index contributed by atoms with van der Waals surface area (Å²) in [4.78, 5) is 111. The van der Waals surface area contributed by atoms with E-state index in [0.717, 1.165) is 62.7 Å². The van der Waals surface area contributed by atoms with Crippen molar-refractivity contribution in [3.8, 4) is 29.1 Å². The van der Waals surface area contributed by atoms with Crippen LogP contribution in [0.3, 0.4) is 0 Å². The number of ketones is 1. The van der Waals surface area contributed by atoms with Crippen LogP contribution in [0.15, 0.2) is 87.6 Å². The van der Waals surface area contributed by atoms with Crippen LogP contribution in [0.1, 0.15) is 123 Å². The van der Waals surface area contributed by atoms with Crippen LogP contribution in [-0.4, -0.2) is 118 Å². The normalized spacial score (nSPS) is 16.8. The van der Waals surface area contributed by atoms with Crippen molar-refractivity contribution in [3.05, 3.63) is 165 Å². The van der Waals surface area contributed by atoms with Gasteiger partial charge in [-0.15, -0.1) is 0 Å². The average Bonchev–Trinajstić information content (AvgIpc) is 1.41. The number of H-pyrrole nitrogens is 1. The van der Waals surface area contributed by atoms with Crippen molar-refractivity contribution < 1.29 is 89.5 Å². The van der Waals surface area contributed by atoms with Gasteiger partial charge in [0.15, 0.2) is 12.0 Å². The van der Waals surface area contributed by atoms with Crippen LogP contribution < -0.4 is 41.8 Å². The van der Waals surface area contributed by atoms with E-state index in [4.69, 9.17) is 34.1 Å². The lowest BCUT2D eigenvalue weighted by Gasteiger charge is -2.24. The minimum absolute atomic E-state index is 0.0314. The zero-order valence-corrected chi connectivity index (χ0v) is 51.7. The number of ether oxygens (including phenoxy) is 5. The Kier molecular flexibility index (Phi) is 24.0. The summed E-state index contributed by atoms with van der Waals surface area (Å²) < 4.78 is 77.7. The smallest absolute Gasteiger partial charge is 0.488 e. The standard InChI is InChI=1S/C58H66N7O21P3/c1-6-11-37-29-49-46(25-35(37)3)54(47-26-36(4)38(12-7-2)30-50(47)84-49)45-28-39(17-19-44(45)57(70)71)48(66)16-10-22-61-55(68)40-13-8-15-42(27-40)81-34-52(63-64-59)80-24-23-79-33-51(67)60-21-9-14-41-31-65(58(72)62-56(41)69)53-20-18-43(83-53)32-82-88(75,76)86-89(77,78)85-87(5,73)74/h8,11,13,15,17,19,25-31,43,52-53H,6-7,10,12,16,18,20-24,32-34H2,1-5H3,(H,60,67)(H,61,68)(H,70,71)(H,73,74)(H,75,76)(H,77,78)(H,62,69,72)/b37-11-/t43-,52?,53+/m0/s1. The molecule has 1 saturated heterocycles. The Morgan fingerprint density at radius 3 is 2.45 bits per heavy atom. The number of nitrogens with zero attached hydrogens (tertiary/aromatic N) is 4. The van der Waals surface area contributed by atoms with Gasteiger partial charge in [0.25, 0.3) is 11.5 Å². The molecule has 474 valence electrons. The van der Waals surface area contributed by atoms with Gasteiger partial charge in [0.2, 0.25) is 5.91 Å². The fraction of sp³-hybridized carbons (Fsp3) is 0.379. The number of hydrogen-bond acceptors (Lipinski definition) is 18. The Bertz CT molecular complexity index is 4040. The van der Waals surface area contributed by atoms with Gasteiger partial charge in [-0.2, -0.15) is 4.31 Å². The van der Waals surface area contributed by atoms with Gasteiger partial charge in [-0.3, -0.25) is 37.8 Å². The number of nitrogens with one attached hydrogen (secondary N) is 3. The topological polar surface area (TPSA) is 402 Å². The van der Waals surface area contributed by atoms with E-state index < -0.39 is 84.0 Å². The third-order valence-electron chi connectivity index (χ3n) is 13.5. The first-order chi connectivity index (χ1) is 42.3. The zero-order chi connectivity index (χ0) is 64.6. The van der Waals surface area contributed by atoms with Crippen LogP contribution >= 0.6 is 23.2 Å². The molecule has 0 saturated carbocycles. The maximum absolute atomic E-state index is 13.8. The van der Waals surface area contributed by atoms with Crippen LogP contribution in [0.25, 0.3) is 22.1 Å². The molecule has 2 aliphatic rings. The molecule has 89 heavy (non-hydrogen) atoms. The summed E-state index contributed by atoms with van der Waals surface area (Å²) in [5.74, 6) is 4.11. The first-order valence-corrected chi connectivity index (χ1v) is 32.9. The van der Waals surface area contributed by atoms with Crippen molar-refractivity contribution in [2.75, 3.05) is 52.8 Å². The molecule has 2 aliphatic heterocycles. The molecule has 0 radical (unpaired) electrons. The molecule has 2 amide bonds. The van der Waals surface area contributed by atoms with Crippen molar-refractivity contribution in [1.29, 1.82) is 0 Å². The number of benzene rings is 4. The first kappa shape index (κ1) is 68.7. The third kappa shape index (κ3) is 19.6. The lowest BCUT2D eigenvalue weighted by molar-refractivity contribution is -0.126. The number of Topliss-reactive ketones (excluding diaryl/α,β-unsaturated/α-hetero) is 1. The van der Waals surface area contributed by atoms with E-state index in [1.54, 1.807) is 24.3 Å². The minimum Gasteiger partial charge on any atom is -0.491 e. The third-order valence-corrected chi connectivity index (χ3v) is 17.7. The Hall–Kier alpha value is -7.82. The summed E-state index contributed by atoms with van der Waals surface area (Å²) in [6.45, 7) is 6.94. The highest BCUT2D eigenvalue weighted by molar-refractivity contribution is 7.68. The largest absolute Gasteiger partial charge is 0.491 e. The Labute approximate surface area is 509 Å². The molecule has 5 aromatic rings. The number of aromatic nitrogens is 2. The second-order valence-electron chi connectivity index (χ2n) is 20.4. The molecule has 7 rings (SSSR count). The second kappa shape index (κ2) is 31.1. The number of fused-ring (bicyclic) bond motifs is 2. The van der Waals surface area contributed by atoms with Gasteiger partial charge in [-0.1, -0.05) is 55.4 Å². The van der Waals surface area contributed by atoms with E-state index >= 15 is 0 Å². The number of carboxylic acid groups (broad SMARTS) is 1. The van der Waals surface area contributed by atoms with Crippen LogP contribution in [0, 0.1) is 25.7 Å². The summed E-state index contributed by atoms with van der Waals surface area (Å²) in [7, 11) is -15.4. The number of aromatic amines is 1. The van der Waals surface area contributed by atoms with Gasteiger partial charge in [0.1, 0.15) is 42.3 Å². The number of rotatable bonds is 30. The molecule has 31 heteroatoms. The van der Waals surface area contributed by atoms with Crippen molar-refractivity contribution in [2.24, 2.45) is 5.11 Å². The molecular formula is C58H66N7O21P3. The summed E-state index contributed by atoms with van der Waals surface area (Å²) in [5, 5.41) is 21.1. The number of carbonyl (C=O) groups excluding carboxylic acids is 3. The number of phosphoric ester groups is 1. The van der Waals surface area contributed by atoms with Gasteiger partial charge in [0.05, 0.1) is 38.0 Å². The molecule has 4 unspecified atom stereocenters. The molecule has 7 N–H and O–H groups in total. The molecule has 0 bridgehead atoms. The van der Waals surface area contributed by atoms with Crippen LogP contribution in [0.4, 0.5) is 0 Å². The number of carboxylic acids is 1. The Morgan fingerprint density at radius 1 is 0.933 bits per heavy atom. The van der Waals surface area contributed by atoms with Gasteiger partial charge >= 0.3 is 34.9 Å². The number of aryl methyl sites for hydroxylation is 3. The quantitative estimate of drug-likeness (QED) is 0.00469. The molecule has 3 heterocycles. The summed E-state index contributed by atoms with van der Waals surface area (Å²) in [5.41, 5.74) is 12.7. The Morgan fingerprint density at radius 2 is 1.72 bits per heavy atom. The number of azide groups is 1. The fourth-order valence-corrected chi connectivity index (χ4v) is 13.0. The molecule has 1 fully saturated rings. The van der Waals surface area contributed by atoms with Gasteiger partial charge in [-0.25, -0.2) is 23.0 Å². The first-order valence-electron chi connectivity index (χ1n) is 27.9. The molecule has 28 nitrogen and oxygen atoms in total. The fourth-order valence-electron chi connectivity index (χ4n) is 9.48. The highest BCUT2D eigenvalue weighted by Crippen LogP contribution is 2.66. The maximum atomic E-state index is 13.8. The lowest BCUT2D eigenvalue weighted by atomic mass is 9.85. The van der Waals surface area contributed by atoms with E-state index in [1.165, 1.54) is 18.2 Å². The van der Waals surface area contributed by atoms with Crippen molar-refractivity contribution in [2.45, 2.75) is 91.2 Å². The summed E-state index contributed by atoms with van der Waals surface area (Å²) in [6.07, 6.45) is 3.24. The van der Waals surface area contributed by atoms with Gasteiger partial charge in [-0.05, 0) is 134 Å². The summed E-state index contributed by atoms with van der Waals surface area (Å²) in [6, 6.07) is 18.8. The number of carbonyl (C=O) groups is 4. The van der Waals surface area contributed by atoms with Crippen LogP contribution in [0.2, 0.25) is 0 Å². The molecule has 4 aromatic carbocycles. The number of hydrogen-bond donors (Lipinski definition) is 7. The monoisotopic (exact) mass is 1290 g/mol. The lowest BCUT2D eigenvalue weighted by Crippen LogP contribution is -2.34. The highest BCUT2D eigenvalue weighted by Gasteiger charge is 2.41. The number of aromatic carboxylic acids is 1. The zero-order valence-electron chi connectivity index (χ0n) is 49.0. The molecule has 6 atom stereocenters. The number of phosphoric acid groups is 2. The van der Waals surface area contributed by atoms with Crippen LogP contribution in [0.5, 0.6) is 17.2 Å². The Balaban J connectivity index is 0.843. The highest BCUT2D eigenvalue weighted by atomic mass is 31.3. The minimum atomic E-state index is -5.49.